The lowest BCUT2D eigenvalue weighted by molar-refractivity contribution is 0.0721. The Kier molecular flexibility index (Phi) is 7.26. The number of hydrogen-bond donors (Lipinski definition) is 0. The minimum Gasteiger partial charge on any atom is -0.420 e. The number of halogens is 3. The zero-order valence-corrected chi connectivity index (χ0v) is 19.1. The van der Waals surface area contributed by atoms with E-state index >= 15 is 4.39 Å². The molecule has 2 fully saturated rings. The Labute approximate surface area is 193 Å². The Morgan fingerprint density at radius 2 is 1.79 bits per heavy atom. The second kappa shape index (κ2) is 10.1. The SMILES string of the molecule is C=CCCC1CCC2CC(c3ccc(C(=O)Oc4ccc(C)cc4F)c(F)c3F)CCC2C1. The standard InChI is InChI=1S/C28H31F3O2/c1-3-4-5-18-7-8-20-16-21(10-9-19(20)15-18)22-11-12-23(27(31)26(22)30)28(32)33-25-13-6-17(2)14-24(25)29/h3,6,11-14,18-21H,1,4-5,7-10,15-16H2,2H3. The zero-order chi connectivity index (χ0) is 23.5. The van der Waals surface area contributed by atoms with Gasteiger partial charge in [-0.3, -0.25) is 0 Å². The van der Waals surface area contributed by atoms with Crippen LogP contribution in [0.3, 0.4) is 0 Å². The van der Waals surface area contributed by atoms with E-state index in [0.717, 1.165) is 38.0 Å². The van der Waals surface area contributed by atoms with E-state index in [1.807, 2.05) is 6.08 Å². The predicted octanol–water partition coefficient (Wildman–Crippen LogP) is 7.90. The lowest BCUT2D eigenvalue weighted by atomic mass is 9.63. The van der Waals surface area contributed by atoms with Gasteiger partial charge in [-0.1, -0.05) is 24.6 Å². The van der Waals surface area contributed by atoms with Gasteiger partial charge in [0, 0.05) is 0 Å². The molecule has 2 aliphatic carbocycles. The topological polar surface area (TPSA) is 26.3 Å². The number of aryl methyl sites for hydroxylation is 1. The molecule has 0 radical (unpaired) electrons. The van der Waals surface area contributed by atoms with Crippen LogP contribution < -0.4 is 4.74 Å². The molecule has 0 bridgehead atoms. The highest BCUT2D eigenvalue weighted by molar-refractivity contribution is 5.91. The van der Waals surface area contributed by atoms with Gasteiger partial charge in [-0.15, -0.1) is 6.58 Å². The molecule has 0 N–H and O–H groups in total. The summed E-state index contributed by atoms with van der Waals surface area (Å²) in [5, 5.41) is 0. The second-order valence-corrected chi connectivity index (χ2v) is 9.73. The van der Waals surface area contributed by atoms with E-state index in [2.05, 4.69) is 6.58 Å². The average Bonchev–Trinajstić information content (AvgIpc) is 2.80. The van der Waals surface area contributed by atoms with Crippen molar-refractivity contribution in [2.24, 2.45) is 17.8 Å². The Morgan fingerprint density at radius 1 is 1.03 bits per heavy atom. The van der Waals surface area contributed by atoms with Crippen molar-refractivity contribution in [3.05, 3.63) is 77.1 Å². The van der Waals surface area contributed by atoms with Crippen molar-refractivity contribution in [1.29, 1.82) is 0 Å². The molecule has 33 heavy (non-hydrogen) atoms. The smallest absolute Gasteiger partial charge is 0.346 e. The molecule has 4 atom stereocenters. The number of benzene rings is 2. The molecule has 4 rings (SSSR count). The number of carbonyl (C=O) groups is 1. The van der Waals surface area contributed by atoms with Gasteiger partial charge < -0.3 is 4.74 Å². The fourth-order valence-electron chi connectivity index (χ4n) is 5.77. The van der Waals surface area contributed by atoms with E-state index in [4.69, 9.17) is 4.74 Å². The second-order valence-electron chi connectivity index (χ2n) is 9.73. The van der Waals surface area contributed by atoms with Crippen molar-refractivity contribution in [3.63, 3.8) is 0 Å². The minimum atomic E-state index is -1.22. The summed E-state index contributed by atoms with van der Waals surface area (Å²) in [5.41, 5.74) is 0.472. The number of allylic oxidation sites excluding steroid dienone is 1. The molecule has 0 heterocycles. The molecular weight excluding hydrogens is 425 g/mol. The number of rotatable bonds is 6. The van der Waals surface area contributed by atoms with Gasteiger partial charge in [0.1, 0.15) is 0 Å². The third-order valence-electron chi connectivity index (χ3n) is 7.56. The van der Waals surface area contributed by atoms with Crippen LogP contribution in [-0.2, 0) is 0 Å². The molecule has 0 saturated heterocycles. The lowest BCUT2D eigenvalue weighted by Crippen LogP contribution is -2.30. The Bertz CT molecular complexity index is 1030. The molecule has 2 aromatic carbocycles. The van der Waals surface area contributed by atoms with Crippen molar-refractivity contribution >= 4 is 5.97 Å². The van der Waals surface area contributed by atoms with Crippen LogP contribution in [0, 0.1) is 42.1 Å². The minimum absolute atomic E-state index is 0.0508. The summed E-state index contributed by atoms with van der Waals surface area (Å²) >= 11 is 0. The van der Waals surface area contributed by atoms with E-state index in [1.165, 1.54) is 43.5 Å². The fourth-order valence-corrected chi connectivity index (χ4v) is 5.77. The third kappa shape index (κ3) is 5.18. The maximum Gasteiger partial charge on any atom is 0.346 e. The largest absolute Gasteiger partial charge is 0.420 e. The molecule has 176 valence electrons. The highest BCUT2D eigenvalue weighted by Crippen LogP contribution is 2.48. The van der Waals surface area contributed by atoms with Crippen LogP contribution in [0.5, 0.6) is 5.75 Å². The number of fused-ring (bicyclic) bond motifs is 1. The number of carbonyl (C=O) groups excluding carboxylic acids is 1. The summed E-state index contributed by atoms with van der Waals surface area (Å²) in [7, 11) is 0. The van der Waals surface area contributed by atoms with Crippen LogP contribution in [0.25, 0.3) is 0 Å². The zero-order valence-electron chi connectivity index (χ0n) is 19.1. The monoisotopic (exact) mass is 456 g/mol. The van der Waals surface area contributed by atoms with E-state index in [9.17, 15) is 13.6 Å². The molecule has 0 aromatic heterocycles. The Morgan fingerprint density at radius 3 is 2.55 bits per heavy atom. The highest BCUT2D eigenvalue weighted by Gasteiger charge is 2.37. The molecule has 5 heteroatoms. The fraction of sp³-hybridized carbons (Fsp3) is 0.464. The Balaban J connectivity index is 1.44. The van der Waals surface area contributed by atoms with E-state index in [1.54, 1.807) is 13.0 Å². The van der Waals surface area contributed by atoms with Crippen LogP contribution in [0.15, 0.2) is 43.0 Å². The van der Waals surface area contributed by atoms with Crippen LogP contribution in [0.1, 0.15) is 78.8 Å². The lowest BCUT2D eigenvalue weighted by Gasteiger charge is -2.42. The molecule has 0 spiro atoms. The summed E-state index contributed by atoms with van der Waals surface area (Å²) < 4.78 is 48.9. The van der Waals surface area contributed by atoms with Crippen molar-refractivity contribution in [2.75, 3.05) is 0 Å². The first kappa shape index (κ1) is 23.6. The van der Waals surface area contributed by atoms with Gasteiger partial charge in [0.05, 0.1) is 5.56 Å². The molecule has 2 aromatic rings. The first-order valence-electron chi connectivity index (χ1n) is 11.9. The van der Waals surface area contributed by atoms with Crippen LogP contribution in [-0.4, -0.2) is 5.97 Å². The molecule has 2 nitrogen and oxygen atoms in total. The van der Waals surface area contributed by atoms with Crippen molar-refractivity contribution in [3.8, 4) is 5.75 Å². The van der Waals surface area contributed by atoms with E-state index in [0.29, 0.717) is 23.0 Å². The van der Waals surface area contributed by atoms with Gasteiger partial charge in [0.15, 0.2) is 23.2 Å². The van der Waals surface area contributed by atoms with Gasteiger partial charge in [-0.2, -0.15) is 0 Å². The summed E-state index contributed by atoms with van der Waals surface area (Å²) in [6.07, 6.45) is 10.5. The molecule has 0 aliphatic heterocycles. The molecular formula is C28H31F3O2. The van der Waals surface area contributed by atoms with Gasteiger partial charge in [0.25, 0.3) is 0 Å². The molecule has 2 saturated carbocycles. The van der Waals surface area contributed by atoms with Crippen molar-refractivity contribution in [1.82, 2.24) is 0 Å². The van der Waals surface area contributed by atoms with Crippen molar-refractivity contribution < 1.29 is 22.7 Å². The summed E-state index contributed by atoms with van der Waals surface area (Å²) in [6.45, 7) is 5.52. The molecule has 2 aliphatic rings. The number of hydrogen-bond acceptors (Lipinski definition) is 2. The van der Waals surface area contributed by atoms with E-state index in [-0.39, 0.29) is 11.7 Å². The normalized spacial score (nSPS) is 24.7. The summed E-state index contributed by atoms with van der Waals surface area (Å²) in [5.74, 6) is -2.45. The maximum absolute atomic E-state index is 15.0. The molecule has 0 amide bonds. The summed E-state index contributed by atoms with van der Waals surface area (Å²) in [6, 6.07) is 6.86. The predicted molar refractivity (Wildman–Crippen MR) is 123 cm³/mol. The number of ether oxygens (including phenoxy) is 1. The third-order valence-corrected chi connectivity index (χ3v) is 7.56. The Hall–Kier alpha value is -2.56. The first-order chi connectivity index (χ1) is 15.9. The summed E-state index contributed by atoms with van der Waals surface area (Å²) in [4.78, 5) is 12.4. The number of esters is 1. The van der Waals surface area contributed by atoms with Crippen LogP contribution >= 0.6 is 0 Å². The van der Waals surface area contributed by atoms with Crippen LogP contribution in [0.2, 0.25) is 0 Å². The molecule has 4 unspecified atom stereocenters. The van der Waals surface area contributed by atoms with E-state index < -0.39 is 29.0 Å². The van der Waals surface area contributed by atoms with Crippen LogP contribution in [0.4, 0.5) is 13.2 Å². The first-order valence-corrected chi connectivity index (χ1v) is 11.9. The average molecular weight is 457 g/mol. The van der Waals surface area contributed by atoms with Gasteiger partial charge in [-0.05, 0) is 105 Å². The van der Waals surface area contributed by atoms with Crippen molar-refractivity contribution in [2.45, 2.75) is 64.2 Å². The van der Waals surface area contributed by atoms with Gasteiger partial charge in [0.2, 0.25) is 0 Å². The highest BCUT2D eigenvalue weighted by atomic mass is 19.2. The maximum atomic E-state index is 15.0. The quantitative estimate of drug-likeness (QED) is 0.251. The van der Waals surface area contributed by atoms with Gasteiger partial charge >= 0.3 is 5.97 Å². The van der Waals surface area contributed by atoms with Gasteiger partial charge in [-0.25, -0.2) is 18.0 Å².